The molecule has 0 unspecified atom stereocenters. The van der Waals surface area contributed by atoms with Gasteiger partial charge in [-0.1, -0.05) is 0 Å². The number of unbranched alkanes of at least 4 members (excludes halogenated alkanes) is 20. The maximum absolute atomic E-state index is 8.37. The van der Waals surface area contributed by atoms with Gasteiger partial charge in [-0.2, -0.15) is 0 Å². The molecule has 5 heteroatoms. The normalized spacial score (nSPS) is 12.1. The number of aryl methyl sites for hydroxylation is 2. The minimum absolute atomic E-state index is 1.11. The van der Waals surface area contributed by atoms with Gasteiger partial charge >= 0.3 is 356 Å². The molecule has 0 bridgehead atoms. The standard InChI is InChI=1S/2C9H12O.4C8H17.O.2Sn/c2*1-6-4-5-9(10)8(3)7(6)2;4*1-3-5-7-8-6-4-2;;;/h2*4-5,10H,1-3H3;4*1,3-8H2,2H3;;;/q;;;;;;;2*+1/p-2. The van der Waals surface area contributed by atoms with Crippen LogP contribution in [0.3, 0.4) is 0 Å². The van der Waals surface area contributed by atoms with Crippen LogP contribution in [0, 0.1) is 41.5 Å². The number of benzene rings is 2. The molecule has 0 aliphatic carbocycles. The molecule has 316 valence electrons. The van der Waals surface area contributed by atoms with Crippen molar-refractivity contribution in [3.05, 3.63) is 57.6 Å². The quantitative estimate of drug-likeness (QED) is 0.0517. The third-order valence-electron chi connectivity index (χ3n) is 12.6. The first kappa shape index (κ1) is 50.7. The molecule has 0 saturated carbocycles. The van der Waals surface area contributed by atoms with Gasteiger partial charge in [0.15, 0.2) is 0 Å². The summed E-state index contributed by atoms with van der Waals surface area (Å²) in [5.74, 6) is 2.22. The summed E-state index contributed by atoms with van der Waals surface area (Å²) in [6.45, 7) is 22.9. The molecule has 55 heavy (non-hydrogen) atoms. The van der Waals surface area contributed by atoms with Crippen molar-refractivity contribution in [2.24, 2.45) is 0 Å². The van der Waals surface area contributed by atoms with Crippen LogP contribution in [0.1, 0.15) is 215 Å². The van der Waals surface area contributed by atoms with Gasteiger partial charge in [-0.05, 0) is 0 Å². The van der Waals surface area contributed by atoms with Crippen molar-refractivity contribution >= 4 is 38.4 Å². The van der Waals surface area contributed by atoms with Crippen molar-refractivity contribution < 1.29 is 7.56 Å². The number of hydrogen-bond acceptors (Lipinski definition) is 3. The summed E-state index contributed by atoms with van der Waals surface area (Å²) in [5.41, 5.74) is 8.07. The fourth-order valence-electron chi connectivity index (χ4n) is 8.22. The average molecular weight is 977 g/mol. The monoisotopic (exact) mass is 978 g/mol. The van der Waals surface area contributed by atoms with Crippen molar-refractivity contribution in [1.29, 1.82) is 0 Å². The van der Waals surface area contributed by atoms with Crippen LogP contribution in [-0.2, 0) is 1.41 Å². The SMILES string of the molecule is CCCCCCC[CH2][Sn]([CH2]CCCCCCC)([O]c1ccc(C)c(C)c1C)[O][Sn]([CH2]CCCCCCC)([CH2]CCCCCCC)[O]c1ccc(C)c(C)c1C. The molecule has 0 aliphatic rings. The fourth-order valence-corrected chi connectivity index (χ4v) is 49.1. The van der Waals surface area contributed by atoms with E-state index in [1.807, 2.05) is 0 Å². The van der Waals surface area contributed by atoms with Crippen LogP contribution >= 0.6 is 0 Å². The molecule has 0 fully saturated rings. The predicted octanol–water partition coefficient (Wildman–Crippen LogP) is 17.3. The third-order valence-corrected chi connectivity index (χ3v) is 45.1. The van der Waals surface area contributed by atoms with Gasteiger partial charge in [-0.3, -0.25) is 0 Å². The van der Waals surface area contributed by atoms with Gasteiger partial charge in [-0.25, -0.2) is 0 Å². The van der Waals surface area contributed by atoms with Crippen LogP contribution in [0.5, 0.6) is 11.5 Å². The molecule has 0 heterocycles. The van der Waals surface area contributed by atoms with E-state index in [0.29, 0.717) is 0 Å². The Bertz CT molecular complexity index is 1160. The van der Waals surface area contributed by atoms with Crippen LogP contribution in [0.15, 0.2) is 24.3 Å². The zero-order valence-corrected chi connectivity index (χ0v) is 44.0. The topological polar surface area (TPSA) is 27.7 Å². The van der Waals surface area contributed by atoms with Gasteiger partial charge in [0.25, 0.3) is 0 Å². The maximum atomic E-state index is 8.37. The van der Waals surface area contributed by atoms with E-state index in [9.17, 15) is 0 Å². The second kappa shape index (κ2) is 29.8. The summed E-state index contributed by atoms with van der Waals surface area (Å²) < 4.78 is 28.5. The van der Waals surface area contributed by atoms with Crippen LogP contribution in [-0.4, -0.2) is 38.4 Å². The van der Waals surface area contributed by atoms with Crippen LogP contribution in [0.2, 0.25) is 17.7 Å². The molecule has 2 aromatic rings. The first-order valence-corrected chi connectivity index (χ1v) is 36.5. The third kappa shape index (κ3) is 19.5. The minimum atomic E-state index is -3.85. The Labute approximate surface area is 353 Å². The molecular formula is C50H90O3Sn2. The molecule has 3 nitrogen and oxygen atoms in total. The Balaban J connectivity index is 2.71. The van der Waals surface area contributed by atoms with Crippen molar-refractivity contribution in [3.63, 3.8) is 0 Å². The van der Waals surface area contributed by atoms with E-state index in [2.05, 4.69) is 93.5 Å². The summed E-state index contributed by atoms with van der Waals surface area (Å²) in [6, 6.07) is 9.17. The first-order chi connectivity index (χ1) is 26.6. The van der Waals surface area contributed by atoms with E-state index in [0.717, 1.165) is 29.2 Å². The fraction of sp³-hybridized carbons (Fsp3) is 0.760. The van der Waals surface area contributed by atoms with Crippen molar-refractivity contribution in [1.82, 2.24) is 0 Å². The van der Waals surface area contributed by atoms with Crippen molar-refractivity contribution in [2.75, 3.05) is 0 Å². The van der Waals surface area contributed by atoms with E-state index < -0.39 is 38.4 Å². The van der Waals surface area contributed by atoms with Gasteiger partial charge in [0, 0.05) is 0 Å². The van der Waals surface area contributed by atoms with Crippen LogP contribution in [0.25, 0.3) is 0 Å². The molecule has 0 N–H and O–H groups in total. The summed E-state index contributed by atoms with van der Waals surface area (Å²) in [5, 5.41) is 0. The van der Waals surface area contributed by atoms with Gasteiger partial charge in [0.1, 0.15) is 0 Å². The number of hydrogen-bond donors (Lipinski definition) is 0. The zero-order chi connectivity index (χ0) is 40.4. The molecule has 0 amide bonds. The molecule has 0 aliphatic heterocycles. The Hall–Kier alpha value is -0.403. The molecule has 2 aromatic carbocycles. The molecular weight excluding hydrogens is 886 g/mol. The summed E-state index contributed by atoms with van der Waals surface area (Å²) in [7, 11) is 0. The molecule has 0 atom stereocenters. The Kier molecular flexibility index (Phi) is 27.4. The summed E-state index contributed by atoms with van der Waals surface area (Å²) >= 11 is -7.69. The second-order valence-electron chi connectivity index (χ2n) is 17.5. The summed E-state index contributed by atoms with van der Waals surface area (Å²) in [4.78, 5) is 0. The van der Waals surface area contributed by atoms with E-state index in [4.69, 9.17) is 7.56 Å². The van der Waals surface area contributed by atoms with Crippen LogP contribution in [0.4, 0.5) is 0 Å². The van der Waals surface area contributed by atoms with E-state index in [1.165, 1.54) is 187 Å². The van der Waals surface area contributed by atoms with Gasteiger partial charge in [0.2, 0.25) is 0 Å². The van der Waals surface area contributed by atoms with E-state index in [-0.39, 0.29) is 0 Å². The molecule has 0 aromatic heterocycles. The van der Waals surface area contributed by atoms with Crippen molar-refractivity contribution in [3.8, 4) is 11.5 Å². The summed E-state index contributed by atoms with van der Waals surface area (Å²) in [6.07, 6.45) is 31.4. The molecule has 0 spiro atoms. The second-order valence-corrected chi connectivity index (χ2v) is 39.2. The average Bonchev–Trinajstić information content (AvgIpc) is 3.17. The Morgan fingerprint density at radius 3 is 0.855 bits per heavy atom. The molecule has 0 saturated heterocycles. The predicted molar refractivity (Wildman–Crippen MR) is 248 cm³/mol. The van der Waals surface area contributed by atoms with Gasteiger partial charge in [0.05, 0.1) is 0 Å². The van der Waals surface area contributed by atoms with Crippen LogP contribution < -0.4 is 6.15 Å². The zero-order valence-electron chi connectivity index (χ0n) is 38.3. The Morgan fingerprint density at radius 1 is 0.327 bits per heavy atom. The molecule has 0 radical (unpaired) electrons. The van der Waals surface area contributed by atoms with E-state index >= 15 is 0 Å². The number of rotatable bonds is 34. The van der Waals surface area contributed by atoms with Gasteiger partial charge in [-0.15, -0.1) is 0 Å². The molecule has 2 rings (SSSR count). The Morgan fingerprint density at radius 2 is 0.582 bits per heavy atom. The van der Waals surface area contributed by atoms with E-state index in [1.54, 1.807) is 0 Å². The van der Waals surface area contributed by atoms with Crippen molar-refractivity contribution in [2.45, 2.75) is 241 Å². The first-order valence-electron chi connectivity index (χ1n) is 23.8. The van der Waals surface area contributed by atoms with Gasteiger partial charge < -0.3 is 0 Å².